The second-order valence-corrected chi connectivity index (χ2v) is 6.33. The lowest BCUT2D eigenvalue weighted by molar-refractivity contribution is 0.231. The van der Waals surface area contributed by atoms with Crippen molar-refractivity contribution in [1.82, 2.24) is 5.32 Å². The van der Waals surface area contributed by atoms with E-state index in [9.17, 15) is 0 Å². The fourth-order valence-electron chi connectivity index (χ4n) is 2.98. The van der Waals surface area contributed by atoms with Crippen molar-refractivity contribution in [3.05, 3.63) is 33.8 Å². The van der Waals surface area contributed by atoms with E-state index in [1.165, 1.54) is 19.3 Å². The molecule has 2 rings (SSSR count). The van der Waals surface area contributed by atoms with Crippen LogP contribution in [0.15, 0.2) is 18.2 Å². The second kappa shape index (κ2) is 5.81. The maximum atomic E-state index is 6.42. The third kappa shape index (κ3) is 2.68. The minimum Gasteiger partial charge on any atom is -0.307 e. The summed E-state index contributed by atoms with van der Waals surface area (Å²) in [6.45, 7) is 5.58. The Kier molecular flexibility index (Phi) is 4.58. The molecule has 0 aromatic heterocycles. The van der Waals surface area contributed by atoms with Crippen LogP contribution in [0, 0.1) is 5.92 Å². The van der Waals surface area contributed by atoms with Crippen LogP contribution in [0.25, 0.3) is 0 Å². The molecule has 1 atom stereocenters. The van der Waals surface area contributed by atoms with Gasteiger partial charge in [0.05, 0.1) is 0 Å². The number of hydrogen-bond acceptors (Lipinski definition) is 1. The zero-order chi connectivity index (χ0) is 13.2. The van der Waals surface area contributed by atoms with Gasteiger partial charge in [0.1, 0.15) is 0 Å². The lowest BCUT2D eigenvalue weighted by Crippen LogP contribution is -2.46. The molecule has 1 N–H and O–H groups in total. The first-order chi connectivity index (χ1) is 8.56. The molecule has 18 heavy (non-hydrogen) atoms. The van der Waals surface area contributed by atoms with E-state index < -0.39 is 0 Å². The first kappa shape index (κ1) is 14.2. The van der Waals surface area contributed by atoms with Gasteiger partial charge in [-0.25, -0.2) is 0 Å². The van der Waals surface area contributed by atoms with Crippen LogP contribution in [-0.2, 0) is 5.54 Å². The highest BCUT2D eigenvalue weighted by Crippen LogP contribution is 2.40. The van der Waals surface area contributed by atoms with E-state index >= 15 is 0 Å². The molecule has 1 unspecified atom stereocenters. The van der Waals surface area contributed by atoms with E-state index in [1.807, 2.05) is 18.2 Å². The zero-order valence-electron chi connectivity index (χ0n) is 11.1. The van der Waals surface area contributed by atoms with Gasteiger partial charge >= 0.3 is 0 Å². The molecule has 0 bridgehead atoms. The summed E-state index contributed by atoms with van der Waals surface area (Å²) in [7, 11) is 0. The summed E-state index contributed by atoms with van der Waals surface area (Å²) in [6.07, 6.45) is 4.91. The van der Waals surface area contributed by atoms with Gasteiger partial charge in [0, 0.05) is 15.6 Å². The quantitative estimate of drug-likeness (QED) is 0.806. The molecule has 0 radical (unpaired) electrons. The van der Waals surface area contributed by atoms with Crippen molar-refractivity contribution in [3.63, 3.8) is 0 Å². The fraction of sp³-hybridized carbons (Fsp3) is 0.600. The topological polar surface area (TPSA) is 12.0 Å². The molecule has 1 aromatic carbocycles. The zero-order valence-corrected chi connectivity index (χ0v) is 12.6. The third-order valence-electron chi connectivity index (χ3n) is 4.08. The van der Waals surface area contributed by atoms with Crippen molar-refractivity contribution in [3.8, 4) is 0 Å². The van der Waals surface area contributed by atoms with Crippen LogP contribution in [0.3, 0.4) is 0 Å². The maximum absolute atomic E-state index is 6.42. The highest BCUT2D eigenvalue weighted by atomic mass is 35.5. The maximum Gasteiger partial charge on any atom is 0.0473 e. The van der Waals surface area contributed by atoms with Gasteiger partial charge in [-0.3, -0.25) is 0 Å². The molecular weight excluding hydrogens is 265 g/mol. The van der Waals surface area contributed by atoms with Crippen LogP contribution in [0.2, 0.25) is 10.0 Å². The highest BCUT2D eigenvalue weighted by Gasteiger charge is 2.37. The molecular formula is C15H21Cl2N. The Hall–Kier alpha value is -0.240. The van der Waals surface area contributed by atoms with Crippen LogP contribution in [0.1, 0.15) is 45.1 Å². The van der Waals surface area contributed by atoms with Gasteiger partial charge in [0.15, 0.2) is 0 Å². The Morgan fingerprint density at radius 2 is 1.94 bits per heavy atom. The summed E-state index contributed by atoms with van der Waals surface area (Å²) in [5.74, 6) is 0.492. The SMILES string of the molecule is CC(C)C1(c2cc(Cl)ccc2Cl)CCCCCN1. The summed E-state index contributed by atoms with van der Waals surface area (Å²) in [6, 6.07) is 5.80. The summed E-state index contributed by atoms with van der Waals surface area (Å²) in [4.78, 5) is 0. The van der Waals surface area contributed by atoms with Crippen LogP contribution in [0.4, 0.5) is 0 Å². The van der Waals surface area contributed by atoms with E-state index in [0.29, 0.717) is 5.92 Å². The second-order valence-electron chi connectivity index (χ2n) is 5.49. The van der Waals surface area contributed by atoms with Gasteiger partial charge in [-0.15, -0.1) is 0 Å². The largest absolute Gasteiger partial charge is 0.307 e. The van der Waals surface area contributed by atoms with Crippen molar-refractivity contribution in [2.45, 2.75) is 45.1 Å². The molecule has 1 heterocycles. The molecule has 0 amide bonds. The summed E-state index contributed by atoms with van der Waals surface area (Å²) in [5.41, 5.74) is 1.13. The normalized spacial score (nSPS) is 25.2. The summed E-state index contributed by atoms with van der Waals surface area (Å²) < 4.78 is 0. The minimum atomic E-state index is -0.0293. The summed E-state index contributed by atoms with van der Waals surface area (Å²) >= 11 is 12.6. The molecule has 100 valence electrons. The Bertz CT molecular complexity index is 407. The van der Waals surface area contributed by atoms with Gasteiger partial charge < -0.3 is 5.32 Å². The van der Waals surface area contributed by atoms with Crippen LogP contribution >= 0.6 is 23.2 Å². The average molecular weight is 286 g/mol. The number of rotatable bonds is 2. The molecule has 1 aromatic rings. The van der Waals surface area contributed by atoms with E-state index in [2.05, 4.69) is 19.2 Å². The van der Waals surface area contributed by atoms with Crippen molar-refractivity contribution >= 4 is 23.2 Å². The van der Waals surface area contributed by atoms with E-state index in [0.717, 1.165) is 28.6 Å². The highest BCUT2D eigenvalue weighted by molar-refractivity contribution is 6.33. The molecule has 0 aliphatic carbocycles. The Morgan fingerprint density at radius 3 is 2.67 bits per heavy atom. The van der Waals surface area contributed by atoms with E-state index in [4.69, 9.17) is 23.2 Å². The number of nitrogens with one attached hydrogen (secondary N) is 1. The number of benzene rings is 1. The predicted octanol–water partition coefficient (Wildman–Crippen LogP) is 5.01. The van der Waals surface area contributed by atoms with Gasteiger partial charge in [0.2, 0.25) is 0 Å². The molecule has 1 aliphatic heterocycles. The fourth-order valence-corrected chi connectivity index (χ4v) is 3.44. The lowest BCUT2D eigenvalue weighted by atomic mass is 9.76. The van der Waals surface area contributed by atoms with Crippen LogP contribution in [0.5, 0.6) is 0 Å². The predicted molar refractivity (Wildman–Crippen MR) is 79.4 cm³/mol. The third-order valence-corrected chi connectivity index (χ3v) is 4.65. The Labute approximate surface area is 120 Å². The molecule has 3 heteroatoms. The van der Waals surface area contributed by atoms with Crippen molar-refractivity contribution < 1.29 is 0 Å². The van der Waals surface area contributed by atoms with Gasteiger partial charge in [0.25, 0.3) is 0 Å². The van der Waals surface area contributed by atoms with Crippen molar-refractivity contribution in [2.75, 3.05) is 6.54 Å². The molecule has 1 saturated heterocycles. The minimum absolute atomic E-state index is 0.0293. The Morgan fingerprint density at radius 1 is 1.17 bits per heavy atom. The van der Waals surface area contributed by atoms with Gasteiger partial charge in [-0.05, 0) is 49.1 Å². The molecule has 0 saturated carbocycles. The molecule has 1 aliphatic rings. The lowest BCUT2D eigenvalue weighted by Gasteiger charge is -2.39. The van der Waals surface area contributed by atoms with Crippen LogP contribution in [-0.4, -0.2) is 6.54 Å². The van der Waals surface area contributed by atoms with Gasteiger partial charge in [-0.1, -0.05) is 49.9 Å². The summed E-state index contributed by atoms with van der Waals surface area (Å²) in [5, 5.41) is 5.32. The van der Waals surface area contributed by atoms with Crippen molar-refractivity contribution in [2.24, 2.45) is 5.92 Å². The number of hydrogen-bond donors (Lipinski definition) is 1. The smallest absolute Gasteiger partial charge is 0.0473 e. The first-order valence-electron chi connectivity index (χ1n) is 6.77. The van der Waals surface area contributed by atoms with E-state index in [-0.39, 0.29) is 5.54 Å². The van der Waals surface area contributed by atoms with E-state index in [1.54, 1.807) is 0 Å². The number of halogens is 2. The first-order valence-corrected chi connectivity index (χ1v) is 7.52. The molecule has 0 spiro atoms. The van der Waals surface area contributed by atoms with Crippen molar-refractivity contribution in [1.29, 1.82) is 0 Å². The van der Waals surface area contributed by atoms with Gasteiger partial charge in [-0.2, -0.15) is 0 Å². The standard InChI is InChI=1S/C15H21Cl2N/c1-11(2)15(8-4-3-5-9-18-15)13-10-12(16)6-7-14(13)17/h6-7,10-11,18H,3-5,8-9H2,1-2H3. The Balaban J connectivity index is 2.48. The molecule has 1 nitrogen and oxygen atoms in total. The average Bonchev–Trinajstić information content (AvgIpc) is 2.58. The van der Waals surface area contributed by atoms with Crippen LogP contribution < -0.4 is 5.32 Å². The molecule has 1 fully saturated rings. The monoisotopic (exact) mass is 285 g/mol.